The molecule has 0 aromatic carbocycles. The van der Waals surface area contributed by atoms with Crippen molar-refractivity contribution in [2.24, 2.45) is 5.73 Å². The van der Waals surface area contributed by atoms with Crippen molar-refractivity contribution >= 4 is 11.3 Å². The summed E-state index contributed by atoms with van der Waals surface area (Å²) in [6, 6.07) is 3.99. The molecule has 2 heterocycles. The van der Waals surface area contributed by atoms with E-state index in [1.165, 1.54) is 0 Å². The Morgan fingerprint density at radius 2 is 2.47 bits per heavy atom. The van der Waals surface area contributed by atoms with Gasteiger partial charge in [-0.3, -0.25) is 0 Å². The minimum atomic E-state index is -0.711. The molecule has 0 spiro atoms. The Hall–Kier alpha value is -1.17. The van der Waals surface area contributed by atoms with E-state index in [1.54, 1.807) is 11.3 Å². The maximum absolute atomic E-state index is 9.55. The van der Waals surface area contributed by atoms with E-state index in [4.69, 9.17) is 5.73 Å². The second-order valence-electron chi connectivity index (χ2n) is 3.32. The van der Waals surface area contributed by atoms with Crippen LogP contribution >= 0.6 is 11.3 Å². The quantitative estimate of drug-likeness (QED) is 0.737. The second-order valence-corrected chi connectivity index (χ2v) is 4.27. The third-order valence-corrected chi connectivity index (χ3v) is 3.07. The van der Waals surface area contributed by atoms with Gasteiger partial charge in [0.25, 0.3) is 0 Å². The number of aromatic amines is 1. The molecule has 0 aliphatic rings. The predicted octanol–water partition coefficient (Wildman–Crippen LogP) is 1.44. The van der Waals surface area contributed by atoms with Crippen molar-refractivity contribution in [3.8, 4) is 10.6 Å². The molecule has 0 saturated heterocycles. The molecule has 4 N–H and O–H groups in total. The van der Waals surface area contributed by atoms with Crippen LogP contribution in [0.3, 0.4) is 0 Å². The summed E-state index contributed by atoms with van der Waals surface area (Å²) in [5, 5.41) is 11.6. The Bertz CT molecular complexity index is 435. The van der Waals surface area contributed by atoms with E-state index in [-0.39, 0.29) is 6.54 Å². The van der Waals surface area contributed by atoms with Crippen molar-refractivity contribution in [1.29, 1.82) is 0 Å². The van der Waals surface area contributed by atoms with Crippen molar-refractivity contribution in [1.82, 2.24) is 9.97 Å². The molecule has 2 aromatic heterocycles. The van der Waals surface area contributed by atoms with Crippen LogP contribution in [0.4, 0.5) is 0 Å². The molecule has 15 heavy (non-hydrogen) atoms. The molecule has 4 nitrogen and oxygen atoms in total. The van der Waals surface area contributed by atoms with Crippen LogP contribution in [0, 0.1) is 6.92 Å². The summed E-state index contributed by atoms with van der Waals surface area (Å²) in [6.07, 6.45) is -0.711. The number of imidazole rings is 1. The van der Waals surface area contributed by atoms with Crippen LogP contribution in [0.25, 0.3) is 10.6 Å². The van der Waals surface area contributed by atoms with Crippen molar-refractivity contribution in [2.45, 2.75) is 13.0 Å². The molecule has 0 fully saturated rings. The maximum atomic E-state index is 9.55. The first-order chi connectivity index (χ1) is 7.22. The number of hydrogen-bond acceptors (Lipinski definition) is 4. The molecule has 1 unspecified atom stereocenters. The van der Waals surface area contributed by atoms with Gasteiger partial charge in [0, 0.05) is 12.2 Å². The first-order valence-corrected chi connectivity index (χ1v) is 5.59. The molecule has 80 valence electrons. The lowest BCUT2D eigenvalue weighted by Crippen LogP contribution is -2.12. The smallest absolute Gasteiger partial charge is 0.137 e. The molecule has 0 radical (unpaired) electrons. The number of aliphatic hydroxyl groups excluding tert-OH is 1. The zero-order chi connectivity index (χ0) is 10.8. The van der Waals surface area contributed by atoms with Gasteiger partial charge >= 0.3 is 0 Å². The van der Waals surface area contributed by atoms with Gasteiger partial charge in [-0.25, -0.2) is 4.98 Å². The molecular weight excluding hydrogens is 210 g/mol. The predicted molar refractivity (Wildman–Crippen MR) is 60.7 cm³/mol. The number of nitrogens with one attached hydrogen (secondary N) is 1. The number of hydrogen-bond donors (Lipinski definition) is 3. The molecule has 2 aromatic rings. The van der Waals surface area contributed by atoms with Gasteiger partial charge in [0.1, 0.15) is 17.6 Å². The van der Waals surface area contributed by atoms with Crippen LogP contribution < -0.4 is 5.73 Å². The summed E-state index contributed by atoms with van der Waals surface area (Å²) < 4.78 is 0. The van der Waals surface area contributed by atoms with Gasteiger partial charge in [-0.05, 0) is 18.4 Å². The highest BCUT2D eigenvalue weighted by atomic mass is 32.1. The zero-order valence-corrected chi connectivity index (χ0v) is 9.21. The molecule has 1 atom stereocenters. The van der Waals surface area contributed by atoms with Gasteiger partial charge in [0.05, 0.1) is 4.88 Å². The van der Waals surface area contributed by atoms with Gasteiger partial charge in [-0.15, -0.1) is 11.3 Å². The summed E-state index contributed by atoms with van der Waals surface area (Å²) in [7, 11) is 0. The number of aryl methyl sites for hydroxylation is 1. The average Bonchev–Trinajstić information content (AvgIpc) is 2.84. The van der Waals surface area contributed by atoms with E-state index in [0.717, 1.165) is 16.3 Å². The van der Waals surface area contributed by atoms with Gasteiger partial charge < -0.3 is 15.8 Å². The van der Waals surface area contributed by atoms with Crippen molar-refractivity contribution in [3.63, 3.8) is 0 Å². The fourth-order valence-electron chi connectivity index (χ4n) is 1.41. The summed E-state index contributed by atoms with van der Waals surface area (Å²) in [5.74, 6) is 0.540. The van der Waals surface area contributed by atoms with Gasteiger partial charge in [0.15, 0.2) is 0 Å². The lowest BCUT2D eigenvalue weighted by molar-refractivity contribution is 0.177. The normalized spacial score (nSPS) is 13.0. The summed E-state index contributed by atoms with van der Waals surface area (Å²) in [6.45, 7) is 2.12. The van der Waals surface area contributed by atoms with Crippen LogP contribution in [0.2, 0.25) is 0 Å². The van der Waals surface area contributed by atoms with E-state index < -0.39 is 6.10 Å². The summed E-state index contributed by atoms with van der Waals surface area (Å²) in [5.41, 5.74) is 7.23. The van der Waals surface area contributed by atoms with E-state index in [9.17, 15) is 5.11 Å². The van der Waals surface area contributed by atoms with Crippen LogP contribution in [-0.2, 0) is 0 Å². The Morgan fingerprint density at radius 3 is 3.07 bits per heavy atom. The highest BCUT2D eigenvalue weighted by Gasteiger charge is 2.14. The molecule has 0 aliphatic carbocycles. The first-order valence-electron chi connectivity index (χ1n) is 4.71. The molecular formula is C10H13N3OS. The van der Waals surface area contributed by atoms with Crippen molar-refractivity contribution < 1.29 is 5.11 Å². The van der Waals surface area contributed by atoms with Crippen LogP contribution in [0.5, 0.6) is 0 Å². The Balaban J connectivity index is 2.38. The van der Waals surface area contributed by atoms with Crippen molar-refractivity contribution in [3.05, 3.63) is 29.0 Å². The van der Waals surface area contributed by atoms with Crippen LogP contribution in [0.1, 0.15) is 17.6 Å². The molecule has 0 bridgehead atoms. The number of aliphatic hydroxyl groups is 1. The van der Waals surface area contributed by atoms with Gasteiger partial charge in [-0.1, -0.05) is 6.07 Å². The third-order valence-electron chi connectivity index (χ3n) is 2.20. The van der Waals surface area contributed by atoms with E-state index in [2.05, 4.69) is 9.97 Å². The zero-order valence-electron chi connectivity index (χ0n) is 8.40. The number of thiophene rings is 1. The largest absolute Gasteiger partial charge is 0.384 e. The SMILES string of the molecule is Cc1[nH]c(C(O)CN)nc1-c1cccs1. The molecule has 0 amide bonds. The lowest BCUT2D eigenvalue weighted by Gasteiger charge is -2.01. The number of rotatable bonds is 3. The lowest BCUT2D eigenvalue weighted by atomic mass is 10.3. The van der Waals surface area contributed by atoms with Gasteiger partial charge in [0.2, 0.25) is 0 Å². The molecule has 0 saturated carbocycles. The van der Waals surface area contributed by atoms with Gasteiger partial charge in [-0.2, -0.15) is 0 Å². The Kier molecular flexibility index (Phi) is 2.86. The fraction of sp³-hybridized carbons (Fsp3) is 0.300. The van der Waals surface area contributed by atoms with Crippen LogP contribution in [-0.4, -0.2) is 21.6 Å². The average molecular weight is 223 g/mol. The highest BCUT2D eigenvalue weighted by molar-refractivity contribution is 7.13. The molecule has 0 aliphatic heterocycles. The minimum Gasteiger partial charge on any atom is -0.384 e. The summed E-state index contributed by atoms with van der Waals surface area (Å²) in [4.78, 5) is 8.49. The number of nitrogens with two attached hydrogens (primary N) is 1. The topological polar surface area (TPSA) is 74.9 Å². The standard InChI is InChI=1S/C10H13N3OS/c1-6-9(8-3-2-4-15-8)13-10(12-6)7(14)5-11/h2-4,7,14H,5,11H2,1H3,(H,12,13). The monoisotopic (exact) mass is 223 g/mol. The number of H-pyrrole nitrogens is 1. The molecule has 2 rings (SSSR count). The molecule has 5 heteroatoms. The Labute approximate surface area is 91.8 Å². The maximum Gasteiger partial charge on any atom is 0.137 e. The number of aromatic nitrogens is 2. The Morgan fingerprint density at radius 1 is 1.67 bits per heavy atom. The van der Waals surface area contributed by atoms with Crippen molar-refractivity contribution in [2.75, 3.05) is 6.54 Å². The third kappa shape index (κ3) is 1.94. The highest BCUT2D eigenvalue weighted by Crippen LogP contribution is 2.26. The minimum absolute atomic E-state index is 0.177. The van der Waals surface area contributed by atoms with E-state index in [0.29, 0.717) is 5.82 Å². The first kappa shape index (κ1) is 10.4. The van der Waals surface area contributed by atoms with Crippen LogP contribution in [0.15, 0.2) is 17.5 Å². The fourth-order valence-corrected chi connectivity index (χ4v) is 2.18. The summed E-state index contributed by atoms with van der Waals surface area (Å²) >= 11 is 1.63. The number of nitrogens with zero attached hydrogens (tertiary/aromatic N) is 1. The van der Waals surface area contributed by atoms with E-state index in [1.807, 2.05) is 24.4 Å². The second kappa shape index (κ2) is 4.14. The van der Waals surface area contributed by atoms with E-state index >= 15 is 0 Å².